The zero-order valence-corrected chi connectivity index (χ0v) is 12.0. The van der Waals surface area contributed by atoms with Gasteiger partial charge in [-0.05, 0) is 43.5 Å². The molecule has 0 radical (unpaired) electrons. The molecule has 1 saturated heterocycles. The van der Waals surface area contributed by atoms with E-state index in [2.05, 4.69) is 5.32 Å². The molecule has 3 N–H and O–H groups in total. The normalized spacial score (nSPS) is 18.7. The maximum atomic E-state index is 12.5. The summed E-state index contributed by atoms with van der Waals surface area (Å²) in [4.78, 5) is 26.0. The Morgan fingerprint density at radius 3 is 2.80 bits per heavy atom. The Hall–Kier alpha value is -2.04. The molecule has 2 amide bonds. The van der Waals surface area contributed by atoms with Gasteiger partial charge in [-0.3, -0.25) is 9.59 Å². The lowest BCUT2D eigenvalue weighted by molar-refractivity contribution is -0.125. The number of likely N-dealkylation sites (tertiary alicyclic amines) is 1. The monoisotopic (exact) mass is 275 g/mol. The maximum absolute atomic E-state index is 12.5. The zero-order chi connectivity index (χ0) is 14.7. The maximum Gasteiger partial charge on any atom is 0.254 e. The average Bonchev–Trinajstić information content (AvgIpc) is 2.46. The molecule has 5 heteroatoms. The summed E-state index contributed by atoms with van der Waals surface area (Å²) in [5.41, 5.74) is 7.90. The van der Waals surface area contributed by atoms with E-state index in [1.165, 1.54) is 0 Å². The van der Waals surface area contributed by atoms with E-state index in [1.807, 2.05) is 6.92 Å². The van der Waals surface area contributed by atoms with Gasteiger partial charge < -0.3 is 16.0 Å². The van der Waals surface area contributed by atoms with Crippen molar-refractivity contribution in [2.75, 3.05) is 25.9 Å². The van der Waals surface area contributed by atoms with Crippen LogP contribution in [0.2, 0.25) is 0 Å². The average molecular weight is 275 g/mol. The molecule has 1 heterocycles. The molecule has 1 aliphatic heterocycles. The van der Waals surface area contributed by atoms with Crippen molar-refractivity contribution in [1.82, 2.24) is 10.2 Å². The van der Waals surface area contributed by atoms with Gasteiger partial charge in [-0.2, -0.15) is 0 Å². The third-order valence-corrected chi connectivity index (χ3v) is 3.81. The minimum Gasteiger partial charge on any atom is -0.399 e. The number of carbonyl (C=O) groups excluding carboxylic acids is 2. The molecule has 0 aliphatic carbocycles. The van der Waals surface area contributed by atoms with Gasteiger partial charge in [0.25, 0.3) is 5.91 Å². The first kappa shape index (κ1) is 14.4. The predicted octanol–water partition coefficient (Wildman–Crippen LogP) is 1.18. The summed E-state index contributed by atoms with van der Waals surface area (Å²) < 4.78 is 0. The van der Waals surface area contributed by atoms with Gasteiger partial charge in [0.1, 0.15) is 0 Å². The number of amides is 2. The van der Waals surface area contributed by atoms with Crippen molar-refractivity contribution >= 4 is 17.5 Å². The summed E-state index contributed by atoms with van der Waals surface area (Å²) in [6.45, 7) is 3.07. The van der Waals surface area contributed by atoms with E-state index in [1.54, 1.807) is 30.1 Å². The van der Waals surface area contributed by atoms with Gasteiger partial charge in [-0.1, -0.05) is 0 Å². The Balaban J connectivity index is 2.14. The molecule has 1 aliphatic rings. The molecule has 1 unspecified atom stereocenters. The molecule has 108 valence electrons. The van der Waals surface area contributed by atoms with Crippen molar-refractivity contribution in [3.05, 3.63) is 29.3 Å². The number of anilines is 1. The van der Waals surface area contributed by atoms with Crippen molar-refractivity contribution < 1.29 is 9.59 Å². The summed E-state index contributed by atoms with van der Waals surface area (Å²) in [6, 6.07) is 5.30. The number of hydrogen-bond acceptors (Lipinski definition) is 3. The number of nitrogens with one attached hydrogen (secondary N) is 1. The highest BCUT2D eigenvalue weighted by Crippen LogP contribution is 2.21. The molecule has 1 aromatic rings. The number of hydrogen-bond donors (Lipinski definition) is 2. The topological polar surface area (TPSA) is 75.4 Å². The van der Waals surface area contributed by atoms with Crippen LogP contribution in [-0.2, 0) is 4.79 Å². The van der Waals surface area contributed by atoms with Gasteiger partial charge in [0, 0.05) is 31.4 Å². The molecule has 0 bridgehead atoms. The molecule has 0 aromatic heterocycles. The fourth-order valence-electron chi connectivity index (χ4n) is 2.68. The molecular formula is C15H21N3O2. The Bertz CT molecular complexity index is 528. The van der Waals surface area contributed by atoms with E-state index in [0.717, 1.165) is 18.4 Å². The molecular weight excluding hydrogens is 254 g/mol. The first-order chi connectivity index (χ1) is 9.52. The lowest BCUT2D eigenvalue weighted by Crippen LogP contribution is -2.45. The second-order valence-electron chi connectivity index (χ2n) is 5.28. The summed E-state index contributed by atoms with van der Waals surface area (Å²) >= 11 is 0. The minimum atomic E-state index is -0.105. The SMILES string of the molecule is CNC(=O)C1CCCN(C(=O)c2ccc(N)cc2C)C1. The second-order valence-corrected chi connectivity index (χ2v) is 5.28. The quantitative estimate of drug-likeness (QED) is 0.796. The number of nitrogens with two attached hydrogens (primary N) is 1. The Kier molecular flexibility index (Phi) is 4.27. The van der Waals surface area contributed by atoms with E-state index in [9.17, 15) is 9.59 Å². The zero-order valence-electron chi connectivity index (χ0n) is 12.0. The van der Waals surface area contributed by atoms with E-state index in [4.69, 9.17) is 5.73 Å². The number of nitrogen functional groups attached to an aromatic ring is 1. The predicted molar refractivity (Wildman–Crippen MR) is 78.3 cm³/mol. The van der Waals surface area contributed by atoms with E-state index in [0.29, 0.717) is 24.3 Å². The van der Waals surface area contributed by atoms with Crippen LogP contribution < -0.4 is 11.1 Å². The molecule has 2 rings (SSSR count). The first-order valence-electron chi connectivity index (χ1n) is 6.90. The fraction of sp³-hybridized carbons (Fsp3) is 0.467. The van der Waals surface area contributed by atoms with Gasteiger partial charge >= 0.3 is 0 Å². The van der Waals surface area contributed by atoms with Crippen LogP contribution in [0.15, 0.2) is 18.2 Å². The van der Waals surface area contributed by atoms with Crippen LogP contribution in [0.1, 0.15) is 28.8 Å². The molecule has 1 fully saturated rings. The van der Waals surface area contributed by atoms with Crippen molar-refractivity contribution in [2.24, 2.45) is 5.92 Å². The molecule has 1 aromatic carbocycles. The number of rotatable bonds is 2. The van der Waals surface area contributed by atoms with Gasteiger partial charge in [0.05, 0.1) is 5.92 Å². The van der Waals surface area contributed by atoms with Crippen molar-refractivity contribution in [3.8, 4) is 0 Å². The lowest BCUT2D eigenvalue weighted by atomic mass is 9.96. The Morgan fingerprint density at radius 2 is 2.15 bits per heavy atom. The van der Waals surface area contributed by atoms with Crippen LogP contribution in [0.25, 0.3) is 0 Å². The van der Waals surface area contributed by atoms with Crippen LogP contribution in [0.5, 0.6) is 0 Å². The first-order valence-corrected chi connectivity index (χ1v) is 6.90. The minimum absolute atomic E-state index is 0.0107. The van der Waals surface area contributed by atoms with Gasteiger partial charge in [-0.15, -0.1) is 0 Å². The summed E-state index contributed by atoms with van der Waals surface area (Å²) in [5, 5.41) is 2.66. The lowest BCUT2D eigenvalue weighted by Gasteiger charge is -2.32. The fourth-order valence-corrected chi connectivity index (χ4v) is 2.68. The number of piperidine rings is 1. The summed E-state index contributed by atoms with van der Waals surface area (Å²) in [6.07, 6.45) is 1.70. The summed E-state index contributed by atoms with van der Waals surface area (Å²) in [7, 11) is 1.63. The molecule has 0 saturated carbocycles. The molecule has 1 atom stereocenters. The summed E-state index contributed by atoms with van der Waals surface area (Å²) in [5.74, 6) is -0.112. The van der Waals surface area contributed by atoms with Crippen molar-refractivity contribution in [2.45, 2.75) is 19.8 Å². The van der Waals surface area contributed by atoms with Gasteiger partial charge in [0.15, 0.2) is 0 Å². The number of aryl methyl sites for hydroxylation is 1. The Labute approximate surface area is 119 Å². The third kappa shape index (κ3) is 2.92. The highest BCUT2D eigenvalue weighted by Gasteiger charge is 2.28. The van der Waals surface area contributed by atoms with Crippen molar-refractivity contribution in [1.29, 1.82) is 0 Å². The highest BCUT2D eigenvalue weighted by atomic mass is 16.2. The second kappa shape index (κ2) is 5.94. The highest BCUT2D eigenvalue weighted by molar-refractivity contribution is 5.96. The van der Waals surface area contributed by atoms with Crippen LogP contribution in [0.3, 0.4) is 0 Å². The van der Waals surface area contributed by atoms with E-state index in [-0.39, 0.29) is 17.7 Å². The smallest absolute Gasteiger partial charge is 0.254 e. The third-order valence-electron chi connectivity index (χ3n) is 3.81. The van der Waals surface area contributed by atoms with E-state index < -0.39 is 0 Å². The molecule has 0 spiro atoms. The Morgan fingerprint density at radius 1 is 1.40 bits per heavy atom. The van der Waals surface area contributed by atoms with E-state index >= 15 is 0 Å². The standard InChI is InChI=1S/C15H21N3O2/c1-10-8-12(16)5-6-13(10)15(20)18-7-3-4-11(9-18)14(19)17-2/h5-6,8,11H,3-4,7,9,16H2,1-2H3,(H,17,19). The number of benzene rings is 1. The molecule has 20 heavy (non-hydrogen) atoms. The van der Waals surface area contributed by atoms with Crippen LogP contribution in [0.4, 0.5) is 5.69 Å². The van der Waals surface area contributed by atoms with Gasteiger partial charge in [-0.25, -0.2) is 0 Å². The van der Waals surface area contributed by atoms with Crippen LogP contribution in [0, 0.1) is 12.8 Å². The van der Waals surface area contributed by atoms with Gasteiger partial charge in [0.2, 0.25) is 5.91 Å². The molecule has 5 nitrogen and oxygen atoms in total. The number of carbonyl (C=O) groups is 2. The van der Waals surface area contributed by atoms with Crippen LogP contribution in [-0.4, -0.2) is 36.9 Å². The largest absolute Gasteiger partial charge is 0.399 e. The van der Waals surface area contributed by atoms with Crippen molar-refractivity contribution in [3.63, 3.8) is 0 Å². The number of nitrogens with zero attached hydrogens (tertiary/aromatic N) is 1. The van der Waals surface area contributed by atoms with Crippen LogP contribution >= 0.6 is 0 Å².